The van der Waals surface area contributed by atoms with E-state index < -0.39 is 19.4 Å². The van der Waals surface area contributed by atoms with Crippen LogP contribution in [0, 0.1) is 6.92 Å². The molecule has 1 unspecified atom stereocenters. The van der Waals surface area contributed by atoms with Gasteiger partial charge in [0, 0.05) is 21.7 Å². The first kappa shape index (κ1) is 24.8. The van der Waals surface area contributed by atoms with Crippen LogP contribution in [0.5, 0.6) is 0 Å². The fourth-order valence-corrected chi connectivity index (χ4v) is 5.75. The molecule has 0 N–H and O–H groups in total. The number of carbonyl (C=O) groups excluding carboxylic acids is 1. The zero-order valence-electron chi connectivity index (χ0n) is 17.5. The van der Waals surface area contributed by atoms with Crippen LogP contribution in [0.25, 0.3) is 0 Å². The summed E-state index contributed by atoms with van der Waals surface area (Å²) in [7, 11) is -3.86. The van der Waals surface area contributed by atoms with Gasteiger partial charge in [-0.2, -0.15) is 0 Å². The highest BCUT2D eigenvalue weighted by atomic mass is 35.5. The molecule has 0 amide bonds. The van der Waals surface area contributed by atoms with E-state index in [0.29, 0.717) is 27.3 Å². The normalized spacial score (nSPS) is 12.7. The van der Waals surface area contributed by atoms with Gasteiger partial charge in [0.2, 0.25) is 5.85 Å². The second kappa shape index (κ2) is 10.9. The summed E-state index contributed by atoms with van der Waals surface area (Å²) in [6.45, 7) is 5.58. The van der Waals surface area contributed by atoms with Crippen molar-refractivity contribution < 1.29 is 23.1 Å². The smallest absolute Gasteiger partial charge is 0.375 e. The molecule has 13 heteroatoms. The van der Waals surface area contributed by atoms with Crippen molar-refractivity contribution in [1.82, 2.24) is 20.0 Å². The molecule has 3 rings (SSSR count). The summed E-state index contributed by atoms with van der Waals surface area (Å²) in [5.41, 5.74) is 0.869. The van der Waals surface area contributed by atoms with E-state index in [1.165, 1.54) is 16.0 Å². The van der Waals surface area contributed by atoms with Gasteiger partial charge in [0.1, 0.15) is 0 Å². The SMILES string of the molecule is CCOP(=O)(OCC)C(OC(=O)c1nnn(Cc2cnc(Cl)s2)c1C)c1ccc(Cl)cc1. The standard InChI is InChI=1S/C19H21Cl2N4O5PS/c1-4-28-31(27,29-5-2)18(13-6-8-14(20)9-7-13)30-17(26)16-12(3)25(24-23-16)11-15-10-22-19(21)32-15/h6-10,18H,4-5,11H2,1-3H3. The number of ether oxygens (including phenoxy) is 1. The van der Waals surface area contributed by atoms with E-state index in [4.69, 9.17) is 37.0 Å². The lowest BCUT2D eigenvalue weighted by molar-refractivity contribution is 0.0356. The van der Waals surface area contributed by atoms with Gasteiger partial charge in [-0.15, -0.1) is 16.4 Å². The molecule has 0 aliphatic rings. The van der Waals surface area contributed by atoms with Gasteiger partial charge < -0.3 is 13.8 Å². The molecule has 0 aliphatic carbocycles. The van der Waals surface area contributed by atoms with Crippen molar-refractivity contribution in [3.63, 3.8) is 0 Å². The van der Waals surface area contributed by atoms with Crippen LogP contribution < -0.4 is 0 Å². The minimum Gasteiger partial charge on any atom is -0.440 e. The van der Waals surface area contributed by atoms with Crippen molar-refractivity contribution in [3.8, 4) is 0 Å². The maximum absolute atomic E-state index is 13.5. The van der Waals surface area contributed by atoms with Crippen LogP contribution in [0.3, 0.4) is 0 Å². The second-order valence-electron chi connectivity index (χ2n) is 6.45. The van der Waals surface area contributed by atoms with Crippen molar-refractivity contribution >= 4 is 48.1 Å². The average Bonchev–Trinajstić information content (AvgIpc) is 3.33. The maximum Gasteiger partial charge on any atom is 0.375 e. The number of hydrogen-bond donors (Lipinski definition) is 0. The molecule has 32 heavy (non-hydrogen) atoms. The zero-order chi connectivity index (χ0) is 23.3. The molecule has 0 radical (unpaired) electrons. The molecular formula is C19H21Cl2N4O5PS. The summed E-state index contributed by atoms with van der Waals surface area (Å²) in [6.07, 6.45) is 1.63. The van der Waals surface area contributed by atoms with Crippen LogP contribution in [0.15, 0.2) is 30.5 Å². The quantitative estimate of drug-likeness (QED) is 0.255. The van der Waals surface area contributed by atoms with Crippen LogP contribution in [0.1, 0.15) is 46.3 Å². The lowest BCUT2D eigenvalue weighted by Crippen LogP contribution is -2.16. The average molecular weight is 519 g/mol. The Balaban J connectivity index is 1.89. The topological polar surface area (TPSA) is 105 Å². The summed E-state index contributed by atoms with van der Waals surface area (Å²) in [5, 5.41) is 8.45. The Morgan fingerprint density at radius 2 is 1.84 bits per heavy atom. The first-order valence-electron chi connectivity index (χ1n) is 9.63. The summed E-state index contributed by atoms with van der Waals surface area (Å²) in [6, 6.07) is 6.40. The van der Waals surface area contributed by atoms with Crippen molar-refractivity contribution in [1.29, 1.82) is 0 Å². The Morgan fingerprint density at radius 1 is 1.19 bits per heavy atom. The van der Waals surface area contributed by atoms with Crippen LogP contribution >= 0.6 is 42.1 Å². The fourth-order valence-electron chi connectivity index (χ4n) is 2.84. The maximum atomic E-state index is 13.5. The Morgan fingerprint density at radius 3 is 2.41 bits per heavy atom. The van der Waals surface area contributed by atoms with E-state index in [2.05, 4.69) is 15.3 Å². The van der Waals surface area contributed by atoms with Crippen LogP contribution in [-0.2, 0) is 24.9 Å². The Hall–Kier alpha value is -1.81. The van der Waals surface area contributed by atoms with Gasteiger partial charge in [-0.1, -0.05) is 40.5 Å². The summed E-state index contributed by atoms with van der Waals surface area (Å²) < 4.78 is 31.9. The molecule has 1 aromatic carbocycles. The number of halogens is 2. The van der Waals surface area contributed by atoms with Crippen molar-refractivity contribution in [3.05, 3.63) is 61.8 Å². The predicted molar refractivity (Wildman–Crippen MR) is 121 cm³/mol. The highest BCUT2D eigenvalue weighted by Crippen LogP contribution is 2.61. The van der Waals surface area contributed by atoms with Gasteiger partial charge in [0.05, 0.1) is 25.5 Å². The molecule has 0 saturated carbocycles. The number of aromatic nitrogens is 4. The third kappa shape index (κ3) is 5.75. The third-order valence-electron chi connectivity index (χ3n) is 4.29. The van der Waals surface area contributed by atoms with Crippen LogP contribution in [0.4, 0.5) is 0 Å². The van der Waals surface area contributed by atoms with E-state index in [1.54, 1.807) is 51.2 Å². The summed E-state index contributed by atoms with van der Waals surface area (Å²) in [4.78, 5) is 17.8. The summed E-state index contributed by atoms with van der Waals surface area (Å²) in [5.74, 6) is -2.12. The van der Waals surface area contributed by atoms with Crippen molar-refractivity contribution in [2.45, 2.75) is 33.2 Å². The number of rotatable bonds is 10. The minimum atomic E-state index is -3.86. The van der Waals surface area contributed by atoms with E-state index in [-0.39, 0.29) is 18.9 Å². The molecule has 0 fully saturated rings. The number of benzene rings is 1. The van der Waals surface area contributed by atoms with Gasteiger partial charge in [0.25, 0.3) is 0 Å². The molecule has 0 saturated heterocycles. The van der Waals surface area contributed by atoms with Crippen molar-refractivity contribution in [2.24, 2.45) is 0 Å². The van der Waals surface area contributed by atoms with E-state index >= 15 is 0 Å². The molecule has 2 aromatic heterocycles. The number of carbonyl (C=O) groups is 1. The number of esters is 1. The monoisotopic (exact) mass is 518 g/mol. The molecule has 1 atom stereocenters. The van der Waals surface area contributed by atoms with Gasteiger partial charge in [-0.25, -0.2) is 14.5 Å². The molecule has 0 spiro atoms. The first-order chi connectivity index (χ1) is 15.3. The Labute approximate surface area is 199 Å². The van der Waals surface area contributed by atoms with Crippen LogP contribution in [0.2, 0.25) is 9.49 Å². The molecule has 0 aliphatic heterocycles. The molecule has 0 bridgehead atoms. The van der Waals surface area contributed by atoms with Gasteiger partial charge in [-0.05, 0) is 32.9 Å². The highest BCUT2D eigenvalue weighted by Gasteiger charge is 2.41. The molecular weight excluding hydrogens is 498 g/mol. The first-order valence-corrected chi connectivity index (χ1v) is 12.8. The van der Waals surface area contributed by atoms with Crippen molar-refractivity contribution in [2.75, 3.05) is 13.2 Å². The molecule has 3 aromatic rings. The largest absolute Gasteiger partial charge is 0.440 e. The Kier molecular flexibility index (Phi) is 8.43. The van der Waals surface area contributed by atoms with Gasteiger partial charge >= 0.3 is 13.6 Å². The lowest BCUT2D eigenvalue weighted by atomic mass is 10.2. The lowest BCUT2D eigenvalue weighted by Gasteiger charge is -2.26. The predicted octanol–water partition coefficient (Wildman–Crippen LogP) is 5.52. The fraction of sp³-hybridized carbons (Fsp3) is 0.368. The molecule has 2 heterocycles. The third-order valence-corrected chi connectivity index (χ3v) is 7.85. The minimum absolute atomic E-state index is 0.0147. The summed E-state index contributed by atoms with van der Waals surface area (Å²) >= 11 is 13.1. The van der Waals surface area contributed by atoms with E-state index in [9.17, 15) is 9.36 Å². The van der Waals surface area contributed by atoms with E-state index in [0.717, 1.165) is 4.88 Å². The number of thiazole rings is 1. The highest BCUT2D eigenvalue weighted by molar-refractivity contribution is 7.54. The molecule has 172 valence electrons. The second-order valence-corrected chi connectivity index (χ2v) is 10.6. The van der Waals surface area contributed by atoms with E-state index in [1.807, 2.05) is 0 Å². The number of nitrogens with zero attached hydrogens (tertiary/aromatic N) is 4. The van der Waals surface area contributed by atoms with Gasteiger partial charge in [0.15, 0.2) is 10.2 Å². The Bertz CT molecular complexity index is 1110. The van der Waals surface area contributed by atoms with Crippen LogP contribution in [-0.4, -0.2) is 39.2 Å². The molecule has 9 nitrogen and oxygen atoms in total. The zero-order valence-corrected chi connectivity index (χ0v) is 20.7. The van der Waals surface area contributed by atoms with Gasteiger partial charge in [-0.3, -0.25) is 4.57 Å². The number of hydrogen-bond acceptors (Lipinski definition) is 9.